The maximum Gasteiger partial charge on any atom is 0.310 e. The van der Waals surface area contributed by atoms with Crippen LogP contribution in [0.2, 0.25) is 5.02 Å². The number of hydrogen-bond acceptors (Lipinski definition) is 4. The van der Waals surface area contributed by atoms with Crippen LogP contribution in [0, 0.1) is 13.8 Å². The molecule has 0 heterocycles. The number of carbonyl (C=O) groups is 3. The minimum Gasteiger partial charge on any atom is -0.455 e. The number of rotatable bonds is 7. The van der Waals surface area contributed by atoms with Crippen molar-refractivity contribution in [3.63, 3.8) is 0 Å². The number of ether oxygens (including phenoxy) is 1. The lowest BCUT2D eigenvalue weighted by molar-refractivity contribution is -0.147. The maximum atomic E-state index is 11.9. The molecule has 0 radical (unpaired) electrons. The molecule has 0 saturated heterocycles. The van der Waals surface area contributed by atoms with Gasteiger partial charge in [0.2, 0.25) is 5.91 Å². The summed E-state index contributed by atoms with van der Waals surface area (Å²) in [4.78, 5) is 35.5. The third kappa shape index (κ3) is 6.42. The number of aryl methyl sites for hydroxylation is 1. The van der Waals surface area contributed by atoms with E-state index in [2.05, 4.69) is 10.6 Å². The highest BCUT2D eigenvalue weighted by Crippen LogP contribution is 2.17. The summed E-state index contributed by atoms with van der Waals surface area (Å²) >= 11 is 5.97. The van der Waals surface area contributed by atoms with Gasteiger partial charge in [-0.3, -0.25) is 14.4 Å². The Balaban J connectivity index is 1.72. The Kier molecular flexibility index (Phi) is 7.37. The lowest BCUT2D eigenvalue weighted by atomic mass is 10.1. The van der Waals surface area contributed by atoms with Crippen molar-refractivity contribution in [1.29, 1.82) is 0 Å². The van der Waals surface area contributed by atoms with Crippen LogP contribution in [0.5, 0.6) is 0 Å². The van der Waals surface area contributed by atoms with E-state index in [4.69, 9.17) is 16.3 Å². The number of anilines is 1. The molecule has 0 unspecified atom stereocenters. The van der Waals surface area contributed by atoms with Gasteiger partial charge >= 0.3 is 5.97 Å². The molecule has 0 aliphatic carbocycles. The standard InChI is InChI=1S/C20H21ClN2O4/c1-13-6-5-9-17(14(13)2)23-18(24)11-22-19(25)12-27-20(26)10-15-7-3-4-8-16(15)21/h3-9H,10-12H2,1-2H3,(H,22,25)(H,23,24). The number of hydrogen-bond donors (Lipinski definition) is 2. The van der Waals surface area contributed by atoms with Crippen LogP contribution in [0.15, 0.2) is 42.5 Å². The molecule has 7 heteroatoms. The van der Waals surface area contributed by atoms with Gasteiger partial charge in [0, 0.05) is 10.7 Å². The van der Waals surface area contributed by atoms with Gasteiger partial charge in [-0.05, 0) is 42.7 Å². The molecule has 0 atom stereocenters. The van der Waals surface area contributed by atoms with Crippen molar-refractivity contribution >= 4 is 35.1 Å². The quantitative estimate of drug-likeness (QED) is 0.714. The first-order valence-electron chi connectivity index (χ1n) is 8.38. The highest BCUT2D eigenvalue weighted by atomic mass is 35.5. The summed E-state index contributed by atoms with van der Waals surface area (Å²) in [5, 5.41) is 5.61. The van der Waals surface area contributed by atoms with E-state index >= 15 is 0 Å². The normalized spacial score (nSPS) is 10.2. The van der Waals surface area contributed by atoms with Gasteiger partial charge in [0.05, 0.1) is 13.0 Å². The van der Waals surface area contributed by atoms with Crippen molar-refractivity contribution in [1.82, 2.24) is 5.32 Å². The van der Waals surface area contributed by atoms with Crippen LogP contribution < -0.4 is 10.6 Å². The summed E-state index contributed by atoms with van der Waals surface area (Å²) in [5.41, 5.74) is 3.34. The van der Waals surface area contributed by atoms with Gasteiger partial charge in [0.25, 0.3) is 5.91 Å². The summed E-state index contributed by atoms with van der Waals surface area (Å²) in [6.45, 7) is 3.18. The van der Waals surface area contributed by atoms with Gasteiger partial charge in [0.15, 0.2) is 6.61 Å². The molecule has 0 saturated carbocycles. The highest BCUT2D eigenvalue weighted by Gasteiger charge is 2.12. The molecule has 2 rings (SSSR count). The largest absolute Gasteiger partial charge is 0.455 e. The van der Waals surface area contributed by atoms with Gasteiger partial charge < -0.3 is 15.4 Å². The molecular formula is C20H21ClN2O4. The van der Waals surface area contributed by atoms with E-state index in [1.807, 2.05) is 26.0 Å². The Morgan fingerprint density at radius 3 is 2.48 bits per heavy atom. The number of amides is 2. The number of benzene rings is 2. The van der Waals surface area contributed by atoms with Crippen LogP contribution in [0.1, 0.15) is 16.7 Å². The average Bonchev–Trinajstić information content (AvgIpc) is 2.64. The SMILES string of the molecule is Cc1cccc(NC(=O)CNC(=O)COC(=O)Cc2ccccc2Cl)c1C. The molecule has 2 N–H and O–H groups in total. The first kappa shape index (κ1) is 20.5. The second kappa shape index (κ2) is 9.73. The van der Waals surface area contributed by atoms with Crippen LogP contribution in [0.3, 0.4) is 0 Å². The van der Waals surface area contributed by atoms with Crippen LogP contribution in [-0.2, 0) is 25.5 Å². The number of carbonyl (C=O) groups excluding carboxylic acids is 3. The molecule has 2 aromatic rings. The fourth-order valence-electron chi connectivity index (χ4n) is 2.31. The predicted molar refractivity (Wildman–Crippen MR) is 104 cm³/mol. The third-order valence-electron chi connectivity index (χ3n) is 3.98. The first-order valence-corrected chi connectivity index (χ1v) is 8.76. The van der Waals surface area contributed by atoms with Crippen LogP contribution in [0.25, 0.3) is 0 Å². The third-order valence-corrected chi connectivity index (χ3v) is 4.35. The Hall–Kier alpha value is -2.86. The van der Waals surface area contributed by atoms with Crippen LogP contribution >= 0.6 is 11.6 Å². The Labute approximate surface area is 162 Å². The van der Waals surface area contributed by atoms with Gasteiger partial charge in [-0.2, -0.15) is 0 Å². The van der Waals surface area contributed by atoms with E-state index in [1.165, 1.54) is 0 Å². The predicted octanol–water partition coefficient (Wildman–Crippen LogP) is 2.80. The number of nitrogens with one attached hydrogen (secondary N) is 2. The zero-order chi connectivity index (χ0) is 19.8. The van der Waals surface area contributed by atoms with Crippen molar-refractivity contribution in [3.05, 3.63) is 64.2 Å². The Morgan fingerprint density at radius 2 is 1.74 bits per heavy atom. The lowest BCUT2D eigenvalue weighted by Gasteiger charge is -2.11. The fourth-order valence-corrected chi connectivity index (χ4v) is 2.51. The molecule has 2 amide bonds. The minimum absolute atomic E-state index is 0.0277. The van der Waals surface area contributed by atoms with E-state index in [0.29, 0.717) is 16.3 Å². The summed E-state index contributed by atoms with van der Waals surface area (Å²) < 4.78 is 4.91. The summed E-state index contributed by atoms with van der Waals surface area (Å²) in [7, 11) is 0. The molecule has 142 valence electrons. The van der Waals surface area contributed by atoms with Gasteiger partial charge in [-0.25, -0.2) is 0 Å². The molecule has 2 aromatic carbocycles. The monoisotopic (exact) mass is 388 g/mol. The maximum absolute atomic E-state index is 11.9. The second-order valence-electron chi connectivity index (χ2n) is 6.00. The molecule has 27 heavy (non-hydrogen) atoms. The van der Waals surface area contributed by atoms with Crippen LogP contribution in [-0.4, -0.2) is 30.9 Å². The van der Waals surface area contributed by atoms with Gasteiger partial charge in [-0.15, -0.1) is 0 Å². The molecule has 6 nitrogen and oxygen atoms in total. The van der Waals surface area contributed by atoms with E-state index < -0.39 is 18.5 Å². The molecule has 0 fully saturated rings. The average molecular weight is 389 g/mol. The van der Waals surface area contributed by atoms with E-state index in [-0.39, 0.29) is 18.9 Å². The highest BCUT2D eigenvalue weighted by molar-refractivity contribution is 6.31. The second-order valence-corrected chi connectivity index (χ2v) is 6.41. The molecule has 0 aliphatic heterocycles. The van der Waals surface area contributed by atoms with Gasteiger partial charge in [-0.1, -0.05) is 41.9 Å². The van der Waals surface area contributed by atoms with Crippen molar-refractivity contribution in [2.75, 3.05) is 18.5 Å². The first-order chi connectivity index (χ1) is 12.9. The molecule has 0 aliphatic rings. The van der Waals surface area contributed by atoms with Gasteiger partial charge in [0.1, 0.15) is 0 Å². The summed E-state index contributed by atoms with van der Waals surface area (Å²) in [6, 6.07) is 12.5. The smallest absolute Gasteiger partial charge is 0.310 e. The van der Waals surface area contributed by atoms with Crippen molar-refractivity contribution < 1.29 is 19.1 Å². The fraction of sp³-hybridized carbons (Fsp3) is 0.250. The van der Waals surface area contributed by atoms with Crippen LogP contribution in [0.4, 0.5) is 5.69 Å². The minimum atomic E-state index is -0.571. The molecule has 0 spiro atoms. The number of halogens is 1. The summed E-state index contributed by atoms with van der Waals surface area (Å²) in [6.07, 6.45) is -0.0277. The zero-order valence-electron chi connectivity index (χ0n) is 15.2. The number of esters is 1. The molecule has 0 aromatic heterocycles. The van der Waals surface area contributed by atoms with Crippen molar-refractivity contribution in [2.24, 2.45) is 0 Å². The molecule has 0 bridgehead atoms. The van der Waals surface area contributed by atoms with E-state index in [9.17, 15) is 14.4 Å². The van der Waals surface area contributed by atoms with E-state index in [0.717, 1.165) is 11.1 Å². The Morgan fingerprint density at radius 1 is 1.00 bits per heavy atom. The van der Waals surface area contributed by atoms with Crippen molar-refractivity contribution in [2.45, 2.75) is 20.3 Å². The Bertz CT molecular complexity index is 852. The summed E-state index contributed by atoms with van der Waals surface area (Å²) in [5.74, 6) is -1.49. The van der Waals surface area contributed by atoms with Crippen molar-refractivity contribution in [3.8, 4) is 0 Å². The lowest BCUT2D eigenvalue weighted by Crippen LogP contribution is -2.35. The topological polar surface area (TPSA) is 84.5 Å². The molecular weight excluding hydrogens is 368 g/mol. The van der Waals surface area contributed by atoms with E-state index in [1.54, 1.807) is 30.3 Å². The zero-order valence-corrected chi connectivity index (χ0v) is 15.9.